The smallest absolute Gasteiger partial charge is 0.216 e. The largest absolute Gasteiger partial charge is 0.477 e. The molecule has 2 atom stereocenters. The molecule has 0 aromatic heterocycles. The number of allylic oxidation sites excluding steroid dienone is 1. The molecule has 0 N–H and O–H groups in total. The molecule has 1 aliphatic heterocycles. The molecular formula is C14H14ClNO. The van der Waals surface area contributed by atoms with Gasteiger partial charge in [-0.05, 0) is 37.1 Å². The summed E-state index contributed by atoms with van der Waals surface area (Å²) in [4.78, 5) is 4.70. The van der Waals surface area contributed by atoms with E-state index in [2.05, 4.69) is 12.2 Å². The Balaban J connectivity index is 1.86. The van der Waals surface area contributed by atoms with Crippen LogP contribution in [-0.2, 0) is 4.74 Å². The number of aliphatic imine (C=N–C) groups is 1. The third-order valence-electron chi connectivity index (χ3n) is 3.34. The van der Waals surface area contributed by atoms with Gasteiger partial charge in [0.25, 0.3) is 0 Å². The Bertz CT molecular complexity index is 464. The quantitative estimate of drug-likeness (QED) is 0.697. The lowest BCUT2D eigenvalue weighted by molar-refractivity contribution is 0.186. The van der Waals surface area contributed by atoms with E-state index in [0.29, 0.717) is 12.0 Å². The van der Waals surface area contributed by atoms with Crippen LogP contribution in [0.4, 0.5) is 0 Å². The van der Waals surface area contributed by atoms with Crippen LogP contribution in [0.25, 0.3) is 0 Å². The van der Waals surface area contributed by atoms with Crippen molar-refractivity contribution in [2.45, 2.75) is 18.9 Å². The minimum atomic E-state index is 0.388. The third-order valence-corrected chi connectivity index (χ3v) is 3.59. The third kappa shape index (κ3) is 2.22. The Morgan fingerprint density at radius 1 is 1.12 bits per heavy atom. The number of hydrogen-bond donors (Lipinski definition) is 0. The molecule has 1 aromatic rings. The van der Waals surface area contributed by atoms with E-state index in [4.69, 9.17) is 21.3 Å². The van der Waals surface area contributed by atoms with Gasteiger partial charge in [0, 0.05) is 16.5 Å². The Hall–Kier alpha value is -1.28. The standard InChI is InChI=1S/C14H14ClNO/c15-12-7-5-10(6-8-12)14-16-13-4-2-1-3-11(13)9-17-14/h1-2,5-8,11,13H,3-4,9H2/t11-,13+/m0/s1. The van der Waals surface area contributed by atoms with Crippen LogP contribution in [0.15, 0.2) is 41.4 Å². The zero-order valence-corrected chi connectivity index (χ0v) is 10.2. The summed E-state index contributed by atoms with van der Waals surface area (Å²) in [5.41, 5.74) is 1.02. The van der Waals surface area contributed by atoms with Crippen LogP contribution >= 0.6 is 11.6 Å². The molecule has 2 aliphatic rings. The molecule has 0 fully saturated rings. The molecular weight excluding hydrogens is 234 g/mol. The van der Waals surface area contributed by atoms with Crippen LogP contribution < -0.4 is 0 Å². The lowest BCUT2D eigenvalue weighted by atomic mass is 9.89. The van der Waals surface area contributed by atoms with E-state index in [0.717, 1.165) is 35.9 Å². The van der Waals surface area contributed by atoms with Gasteiger partial charge >= 0.3 is 0 Å². The van der Waals surface area contributed by atoms with Gasteiger partial charge in [0.2, 0.25) is 5.90 Å². The van der Waals surface area contributed by atoms with Crippen LogP contribution in [0, 0.1) is 5.92 Å². The van der Waals surface area contributed by atoms with Crippen molar-refractivity contribution in [2.75, 3.05) is 6.61 Å². The highest BCUT2D eigenvalue weighted by atomic mass is 35.5. The van der Waals surface area contributed by atoms with Crippen molar-refractivity contribution in [1.29, 1.82) is 0 Å². The van der Waals surface area contributed by atoms with Crippen LogP contribution in [0.5, 0.6) is 0 Å². The number of fused-ring (bicyclic) bond motifs is 1. The second kappa shape index (κ2) is 4.53. The summed E-state index contributed by atoms with van der Waals surface area (Å²) >= 11 is 5.87. The van der Waals surface area contributed by atoms with Crippen molar-refractivity contribution in [3.63, 3.8) is 0 Å². The summed E-state index contributed by atoms with van der Waals surface area (Å²) in [5, 5.41) is 0.739. The van der Waals surface area contributed by atoms with Crippen LogP contribution in [0.2, 0.25) is 5.02 Å². The Morgan fingerprint density at radius 2 is 1.88 bits per heavy atom. The number of ether oxygens (including phenoxy) is 1. The highest BCUT2D eigenvalue weighted by Gasteiger charge is 2.28. The lowest BCUT2D eigenvalue weighted by Crippen LogP contribution is -2.32. The molecule has 88 valence electrons. The zero-order chi connectivity index (χ0) is 11.7. The number of halogens is 1. The second-order valence-electron chi connectivity index (χ2n) is 4.52. The molecule has 1 aromatic carbocycles. The first-order valence-corrected chi connectivity index (χ1v) is 6.32. The normalized spacial score (nSPS) is 27.0. The van der Waals surface area contributed by atoms with Gasteiger partial charge in [-0.25, -0.2) is 4.99 Å². The van der Waals surface area contributed by atoms with E-state index in [1.165, 1.54) is 0 Å². The van der Waals surface area contributed by atoms with E-state index in [1.807, 2.05) is 24.3 Å². The minimum absolute atomic E-state index is 0.388. The van der Waals surface area contributed by atoms with Gasteiger partial charge in [-0.15, -0.1) is 0 Å². The predicted molar refractivity (Wildman–Crippen MR) is 69.6 cm³/mol. The topological polar surface area (TPSA) is 21.6 Å². The van der Waals surface area contributed by atoms with E-state index in [-0.39, 0.29) is 0 Å². The van der Waals surface area contributed by atoms with Gasteiger partial charge in [-0.2, -0.15) is 0 Å². The maximum atomic E-state index is 5.87. The molecule has 17 heavy (non-hydrogen) atoms. The molecule has 1 aliphatic carbocycles. The molecule has 0 spiro atoms. The molecule has 1 heterocycles. The predicted octanol–water partition coefficient (Wildman–Crippen LogP) is 3.45. The number of rotatable bonds is 1. The average Bonchev–Trinajstić information content (AvgIpc) is 2.39. The van der Waals surface area contributed by atoms with Gasteiger partial charge in [-0.1, -0.05) is 23.8 Å². The van der Waals surface area contributed by atoms with Crippen molar-refractivity contribution < 1.29 is 4.74 Å². The van der Waals surface area contributed by atoms with Gasteiger partial charge in [0.1, 0.15) is 0 Å². The first-order valence-electron chi connectivity index (χ1n) is 5.94. The molecule has 0 radical (unpaired) electrons. The average molecular weight is 248 g/mol. The van der Waals surface area contributed by atoms with Gasteiger partial charge < -0.3 is 4.74 Å². The summed E-state index contributed by atoms with van der Waals surface area (Å²) in [6.45, 7) is 0.774. The Labute approximate surface area is 106 Å². The zero-order valence-electron chi connectivity index (χ0n) is 9.47. The molecule has 2 nitrogen and oxygen atoms in total. The van der Waals surface area contributed by atoms with Crippen LogP contribution in [0.3, 0.4) is 0 Å². The van der Waals surface area contributed by atoms with Crippen molar-refractivity contribution >= 4 is 17.5 Å². The second-order valence-corrected chi connectivity index (χ2v) is 4.96. The number of benzene rings is 1. The molecule has 0 saturated carbocycles. The summed E-state index contributed by atoms with van der Waals surface area (Å²) in [6.07, 6.45) is 6.57. The summed E-state index contributed by atoms with van der Waals surface area (Å²) in [5.74, 6) is 1.31. The van der Waals surface area contributed by atoms with Crippen molar-refractivity contribution in [3.8, 4) is 0 Å². The molecule has 3 rings (SSSR count). The van der Waals surface area contributed by atoms with Crippen LogP contribution in [0.1, 0.15) is 18.4 Å². The van der Waals surface area contributed by atoms with E-state index < -0.39 is 0 Å². The molecule has 0 amide bonds. The highest BCUT2D eigenvalue weighted by molar-refractivity contribution is 6.30. The first-order chi connectivity index (χ1) is 8.33. The molecule has 0 saturated heterocycles. The van der Waals surface area contributed by atoms with Crippen molar-refractivity contribution in [2.24, 2.45) is 10.9 Å². The molecule has 3 heteroatoms. The monoisotopic (exact) mass is 247 g/mol. The summed E-state index contributed by atoms with van der Waals surface area (Å²) < 4.78 is 5.75. The van der Waals surface area contributed by atoms with Crippen molar-refractivity contribution in [1.82, 2.24) is 0 Å². The SMILES string of the molecule is Clc1ccc(C2=N[C@@H]3CC=CC[C@H]3CO2)cc1. The molecule has 0 bridgehead atoms. The van der Waals surface area contributed by atoms with Crippen molar-refractivity contribution in [3.05, 3.63) is 47.0 Å². The van der Waals surface area contributed by atoms with Crippen LogP contribution in [-0.4, -0.2) is 18.5 Å². The molecule has 0 unspecified atom stereocenters. The van der Waals surface area contributed by atoms with E-state index >= 15 is 0 Å². The van der Waals surface area contributed by atoms with E-state index in [9.17, 15) is 0 Å². The summed E-state index contributed by atoms with van der Waals surface area (Å²) in [7, 11) is 0. The fourth-order valence-electron chi connectivity index (χ4n) is 2.32. The first kappa shape index (κ1) is 10.8. The Morgan fingerprint density at radius 3 is 2.71 bits per heavy atom. The lowest BCUT2D eigenvalue weighted by Gasteiger charge is -2.30. The minimum Gasteiger partial charge on any atom is -0.477 e. The number of hydrogen-bond acceptors (Lipinski definition) is 2. The fourth-order valence-corrected chi connectivity index (χ4v) is 2.44. The van der Waals surface area contributed by atoms with Gasteiger partial charge in [0.05, 0.1) is 12.6 Å². The maximum absolute atomic E-state index is 5.87. The van der Waals surface area contributed by atoms with Gasteiger partial charge in [0.15, 0.2) is 0 Å². The van der Waals surface area contributed by atoms with E-state index in [1.54, 1.807) is 0 Å². The number of nitrogens with zero attached hydrogens (tertiary/aromatic N) is 1. The summed E-state index contributed by atoms with van der Waals surface area (Å²) in [6, 6.07) is 8.05. The fraction of sp³-hybridized carbons (Fsp3) is 0.357. The Kier molecular flexibility index (Phi) is 2.89. The highest BCUT2D eigenvalue weighted by Crippen LogP contribution is 2.27. The maximum Gasteiger partial charge on any atom is 0.216 e. The van der Waals surface area contributed by atoms with Gasteiger partial charge in [-0.3, -0.25) is 0 Å².